The molecule has 0 bridgehead atoms. The minimum absolute atomic E-state index is 0.166. The highest BCUT2D eigenvalue weighted by Gasteiger charge is 2.25. The van der Waals surface area contributed by atoms with E-state index < -0.39 is 0 Å². The second-order valence-corrected chi connectivity index (χ2v) is 6.17. The molecule has 0 N–H and O–H groups in total. The van der Waals surface area contributed by atoms with Crippen molar-refractivity contribution >= 4 is 0 Å². The molecule has 0 radical (unpaired) electrons. The van der Waals surface area contributed by atoms with E-state index in [1.165, 1.54) is 17.5 Å². The van der Waals surface area contributed by atoms with Crippen LogP contribution in [0.4, 0.5) is 4.39 Å². The normalized spacial score (nSPS) is 18.3. The molecule has 0 saturated carbocycles. The quantitative estimate of drug-likeness (QED) is 0.748. The molecule has 2 aromatic rings. The van der Waals surface area contributed by atoms with Crippen molar-refractivity contribution in [1.29, 1.82) is 0 Å². The van der Waals surface area contributed by atoms with Crippen molar-refractivity contribution in [1.82, 2.24) is 4.90 Å². The molecule has 1 aliphatic rings. The maximum absolute atomic E-state index is 13.1. The van der Waals surface area contributed by atoms with Crippen molar-refractivity contribution in [3.05, 3.63) is 65.5 Å². The Hall–Kier alpha value is -1.87. The summed E-state index contributed by atoms with van der Waals surface area (Å²) in [4.78, 5) is 2.48. The Bertz CT molecular complexity index is 609. The first-order valence-electron chi connectivity index (χ1n) is 8.47. The van der Waals surface area contributed by atoms with E-state index in [1.54, 1.807) is 12.1 Å². The van der Waals surface area contributed by atoms with Crippen molar-refractivity contribution in [2.45, 2.75) is 38.8 Å². The van der Waals surface area contributed by atoms with Gasteiger partial charge in [-0.3, -0.25) is 4.90 Å². The molecule has 1 atom stereocenters. The summed E-state index contributed by atoms with van der Waals surface area (Å²) in [6, 6.07) is 15.7. The predicted molar refractivity (Wildman–Crippen MR) is 91.0 cm³/mol. The lowest BCUT2D eigenvalue weighted by molar-refractivity contribution is 0.248. The van der Waals surface area contributed by atoms with Crippen LogP contribution < -0.4 is 4.74 Å². The molecular formula is C20H24FNO. The van der Waals surface area contributed by atoms with Gasteiger partial charge in [-0.2, -0.15) is 0 Å². The molecule has 0 aliphatic carbocycles. The Kier molecular flexibility index (Phi) is 5.29. The highest BCUT2D eigenvalue weighted by Crippen LogP contribution is 2.33. The van der Waals surface area contributed by atoms with Crippen LogP contribution in [-0.4, -0.2) is 18.1 Å². The number of rotatable bonds is 6. The van der Waals surface area contributed by atoms with Crippen molar-refractivity contribution in [2.75, 3.05) is 13.2 Å². The van der Waals surface area contributed by atoms with E-state index in [0.29, 0.717) is 6.04 Å². The van der Waals surface area contributed by atoms with Gasteiger partial charge in [-0.1, -0.05) is 31.2 Å². The van der Waals surface area contributed by atoms with E-state index in [-0.39, 0.29) is 5.82 Å². The zero-order valence-corrected chi connectivity index (χ0v) is 13.7. The largest absolute Gasteiger partial charge is 0.494 e. The fourth-order valence-electron chi connectivity index (χ4n) is 3.22. The lowest BCUT2D eigenvalue weighted by atomic mass is 10.0. The maximum atomic E-state index is 13.1. The first kappa shape index (κ1) is 16.0. The van der Waals surface area contributed by atoms with Gasteiger partial charge in [0.25, 0.3) is 0 Å². The summed E-state index contributed by atoms with van der Waals surface area (Å²) in [6.07, 6.45) is 3.36. The molecule has 0 unspecified atom stereocenters. The average molecular weight is 313 g/mol. The monoisotopic (exact) mass is 313 g/mol. The average Bonchev–Trinajstić information content (AvgIpc) is 3.03. The molecule has 0 spiro atoms. The number of ether oxygens (including phenoxy) is 1. The van der Waals surface area contributed by atoms with Gasteiger partial charge in [0, 0.05) is 12.6 Å². The van der Waals surface area contributed by atoms with Gasteiger partial charge in [-0.05, 0) is 61.2 Å². The topological polar surface area (TPSA) is 12.5 Å². The predicted octanol–water partition coefficient (Wildman–Crippen LogP) is 4.95. The number of hydrogen-bond acceptors (Lipinski definition) is 2. The van der Waals surface area contributed by atoms with E-state index in [2.05, 4.69) is 24.0 Å². The molecule has 3 rings (SSSR count). The van der Waals surface area contributed by atoms with Crippen LogP contribution in [0.2, 0.25) is 0 Å². The minimum atomic E-state index is -0.166. The van der Waals surface area contributed by atoms with Crippen LogP contribution in [0, 0.1) is 5.82 Å². The van der Waals surface area contributed by atoms with Gasteiger partial charge in [0.1, 0.15) is 11.6 Å². The maximum Gasteiger partial charge on any atom is 0.123 e. The van der Waals surface area contributed by atoms with Crippen LogP contribution in [-0.2, 0) is 6.54 Å². The number of hydrogen-bond donors (Lipinski definition) is 0. The summed E-state index contributed by atoms with van der Waals surface area (Å²) in [5, 5.41) is 0. The Balaban J connectivity index is 1.65. The molecule has 0 aromatic heterocycles. The lowest BCUT2D eigenvalue weighted by Gasteiger charge is -2.25. The van der Waals surface area contributed by atoms with Gasteiger partial charge >= 0.3 is 0 Å². The van der Waals surface area contributed by atoms with Gasteiger partial charge in [-0.15, -0.1) is 0 Å². The number of likely N-dealkylation sites (tertiary alicyclic amines) is 1. The smallest absolute Gasteiger partial charge is 0.123 e. The SMILES string of the molecule is CCCOc1ccc(CN2CCC[C@@H]2c2ccc(F)cc2)cc1. The van der Waals surface area contributed by atoms with Crippen molar-refractivity contribution in [2.24, 2.45) is 0 Å². The summed E-state index contributed by atoms with van der Waals surface area (Å²) in [7, 11) is 0. The summed E-state index contributed by atoms with van der Waals surface area (Å²) < 4.78 is 18.8. The Morgan fingerprint density at radius 2 is 1.83 bits per heavy atom. The molecule has 2 aromatic carbocycles. The number of nitrogens with zero attached hydrogens (tertiary/aromatic N) is 1. The molecule has 1 fully saturated rings. The van der Waals surface area contributed by atoms with E-state index in [1.807, 2.05) is 24.3 Å². The third kappa shape index (κ3) is 4.11. The van der Waals surface area contributed by atoms with Gasteiger partial charge in [0.05, 0.1) is 6.61 Å². The second-order valence-electron chi connectivity index (χ2n) is 6.17. The molecule has 1 saturated heterocycles. The fourth-order valence-corrected chi connectivity index (χ4v) is 3.22. The third-order valence-electron chi connectivity index (χ3n) is 4.40. The molecule has 3 heteroatoms. The standard InChI is InChI=1S/C20H24FNO/c1-2-14-23-19-11-5-16(6-12-19)15-22-13-3-4-20(22)17-7-9-18(21)10-8-17/h5-12,20H,2-4,13-15H2,1H3/t20-/m1/s1. The van der Waals surface area contributed by atoms with E-state index in [0.717, 1.165) is 38.3 Å². The fraction of sp³-hybridized carbons (Fsp3) is 0.400. The molecule has 122 valence electrons. The van der Waals surface area contributed by atoms with Gasteiger partial charge in [0.15, 0.2) is 0 Å². The number of benzene rings is 2. The molecule has 0 amide bonds. The minimum Gasteiger partial charge on any atom is -0.494 e. The van der Waals surface area contributed by atoms with E-state index in [4.69, 9.17) is 4.74 Å². The van der Waals surface area contributed by atoms with E-state index in [9.17, 15) is 4.39 Å². The van der Waals surface area contributed by atoms with Crippen LogP contribution in [0.15, 0.2) is 48.5 Å². The van der Waals surface area contributed by atoms with Crippen LogP contribution >= 0.6 is 0 Å². The lowest BCUT2D eigenvalue weighted by Crippen LogP contribution is -2.22. The summed E-state index contributed by atoms with van der Waals surface area (Å²) >= 11 is 0. The highest BCUT2D eigenvalue weighted by molar-refractivity contribution is 5.28. The van der Waals surface area contributed by atoms with Crippen LogP contribution in [0.1, 0.15) is 43.4 Å². The van der Waals surface area contributed by atoms with E-state index >= 15 is 0 Å². The van der Waals surface area contributed by atoms with Crippen LogP contribution in [0.25, 0.3) is 0 Å². The first-order chi connectivity index (χ1) is 11.3. The Labute approximate surface area is 137 Å². The first-order valence-corrected chi connectivity index (χ1v) is 8.47. The molecule has 1 aliphatic heterocycles. The molecule has 1 heterocycles. The van der Waals surface area contributed by atoms with Gasteiger partial charge < -0.3 is 4.74 Å². The molecule has 23 heavy (non-hydrogen) atoms. The summed E-state index contributed by atoms with van der Waals surface area (Å²) in [5.41, 5.74) is 2.51. The summed E-state index contributed by atoms with van der Waals surface area (Å²) in [5.74, 6) is 0.771. The zero-order chi connectivity index (χ0) is 16.1. The molecule has 2 nitrogen and oxygen atoms in total. The molecular weight excluding hydrogens is 289 g/mol. The number of halogens is 1. The van der Waals surface area contributed by atoms with Gasteiger partial charge in [-0.25, -0.2) is 4.39 Å². The Morgan fingerprint density at radius 1 is 1.09 bits per heavy atom. The third-order valence-corrected chi connectivity index (χ3v) is 4.40. The second kappa shape index (κ2) is 7.60. The zero-order valence-electron chi connectivity index (χ0n) is 13.7. The van der Waals surface area contributed by atoms with Crippen LogP contribution in [0.3, 0.4) is 0 Å². The van der Waals surface area contributed by atoms with Crippen molar-refractivity contribution < 1.29 is 9.13 Å². The summed E-state index contributed by atoms with van der Waals surface area (Å²) in [6.45, 7) is 4.89. The van der Waals surface area contributed by atoms with Crippen molar-refractivity contribution in [3.8, 4) is 5.75 Å². The van der Waals surface area contributed by atoms with Crippen LogP contribution in [0.5, 0.6) is 5.75 Å². The Morgan fingerprint density at radius 3 is 2.52 bits per heavy atom. The highest BCUT2D eigenvalue weighted by atomic mass is 19.1. The van der Waals surface area contributed by atoms with Gasteiger partial charge in [0.2, 0.25) is 0 Å². The van der Waals surface area contributed by atoms with Crippen molar-refractivity contribution in [3.63, 3.8) is 0 Å².